The van der Waals surface area contributed by atoms with Gasteiger partial charge in [-0.1, -0.05) is 23.4 Å². The smallest absolute Gasteiger partial charge is 0.378 e. The summed E-state index contributed by atoms with van der Waals surface area (Å²) in [5.74, 6) is -0.312. The van der Waals surface area contributed by atoms with E-state index in [2.05, 4.69) is 10.1 Å². The number of hydrogen-bond donors (Lipinski definition) is 0. The summed E-state index contributed by atoms with van der Waals surface area (Å²) in [4.78, 5) is 18.9. The van der Waals surface area contributed by atoms with E-state index in [0.717, 1.165) is 6.07 Å². The van der Waals surface area contributed by atoms with E-state index in [0.29, 0.717) is 37.4 Å². The number of rotatable bonds is 2. The van der Waals surface area contributed by atoms with Gasteiger partial charge in [-0.15, -0.1) is 0 Å². The fourth-order valence-corrected chi connectivity index (χ4v) is 3.29. The number of pyridine rings is 1. The molecule has 3 aromatic rings. The van der Waals surface area contributed by atoms with Gasteiger partial charge in [0.25, 0.3) is 11.6 Å². The molecule has 146 valence electrons. The first-order valence-corrected chi connectivity index (χ1v) is 8.67. The first-order chi connectivity index (χ1) is 13.4. The third-order valence-corrected chi connectivity index (χ3v) is 4.65. The van der Waals surface area contributed by atoms with Crippen LogP contribution in [-0.4, -0.2) is 47.3 Å². The van der Waals surface area contributed by atoms with Gasteiger partial charge < -0.3 is 14.2 Å². The second kappa shape index (κ2) is 6.90. The average Bonchev–Trinajstić information content (AvgIpc) is 3.08. The minimum Gasteiger partial charge on any atom is -0.378 e. The Bertz CT molecular complexity index is 1040. The number of aromatic nitrogens is 2. The third kappa shape index (κ3) is 3.22. The van der Waals surface area contributed by atoms with E-state index >= 15 is 0 Å². The zero-order valence-electron chi connectivity index (χ0n) is 14.9. The van der Waals surface area contributed by atoms with Gasteiger partial charge in [-0.05, 0) is 19.1 Å². The van der Waals surface area contributed by atoms with Crippen molar-refractivity contribution in [3.05, 3.63) is 47.2 Å². The normalized spacial score (nSPS) is 15.2. The summed E-state index contributed by atoms with van der Waals surface area (Å²) in [6.45, 7) is 3.29. The highest BCUT2D eigenvalue weighted by atomic mass is 19.4. The average molecular weight is 391 g/mol. The van der Waals surface area contributed by atoms with E-state index in [9.17, 15) is 18.0 Å². The molecule has 3 heterocycles. The Morgan fingerprint density at radius 2 is 1.89 bits per heavy atom. The number of carbonyl (C=O) groups excluding carboxylic acids is 1. The minimum atomic E-state index is -4.56. The molecular formula is C19H16F3N3O3. The Kier molecular flexibility index (Phi) is 4.54. The molecule has 1 aromatic carbocycles. The minimum absolute atomic E-state index is 0.00758. The summed E-state index contributed by atoms with van der Waals surface area (Å²) < 4.78 is 50.8. The summed E-state index contributed by atoms with van der Waals surface area (Å²) in [6.07, 6.45) is -4.56. The third-order valence-electron chi connectivity index (χ3n) is 4.65. The van der Waals surface area contributed by atoms with E-state index in [4.69, 9.17) is 9.26 Å². The van der Waals surface area contributed by atoms with Crippen molar-refractivity contribution in [2.45, 2.75) is 13.1 Å². The maximum Gasteiger partial charge on any atom is 0.417 e. The summed E-state index contributed by atoms with van der Waals surface area (Å²) in [5, 5.41) is 4.24. The largest absolute Gasteiger partial charge is 0.417 e. The number of nitrogens with zero attached hydrogens (tertiary/aromatic N) is 3. The van der Waals surface area contributed by atoms with Crippen molar-refractivity contribution < 1.29 is 27.2 Å². The van der Waals surface area contributed by atoms with Crippen molar-refractivity contribution in [2.75, 3.05) is 26.3 Å². The molecule has 6 nitrogen and oxygen atoms in total. The molecule has 0 aliphatic carbocycles. The molecule has 0 N–H and O–H groups in total. The second-order valence-electron chi connectivity index (χ2n) is 6.45. The fourth-order valence-electron chi connectivity index (χ4n) is 3.29. The monoisotopic (exact) mass is 391 g/mol. The summed E-state index contributed by atoms with van der Waals surface area (Å²) in [6, 6.07) is 6.49. The van der Waals surface area contributed by atoms with Crippen LogP contribution in [0, 0.1) is 6.92 Å². The molecule has 1 aliphatic heterocycles. The van der Waals surface area contributed by atoms with Crippen molar-refractivity contribution in [3.8, 4) is 11.3 Å². The lowest BCUT2D eigenvalue weighted by molar-refractivity contribution is -0.137. The second-order valence-corrected chi connectivity index (χ2v) is 6.45. The van der Waals surface area contributed by atoms with Gasteiger partial charge in [-0.2, -0.15) is 13.2 Å². The van der Waals surface area contributed by atoms with Gasteiger partial charge in [0.2, 0.25) is 0 Å². The Morgan fingerprint density at radius 3 is 2.61 bits per heavy atom. The SMILES string of the molecule is Cc1noc2nc(-c3ccccc3C(F)(F)F)cc(C(=O)N3CCOCC3)c12. The number of ether oxygens (including phenoxy) is 1. The van der Waals surface area contributed by atoms with Gasteiger partial charge in [0.15, 0.2) is 0 Å². The Labute approximate surface area is 157 Å². The highest BCUT2D eigenvalue weighted by molar-refractivity contribution is 6.07. The van der Waals surface area contributed by atoms with E-state index in [-0.39, 0.29) is 28.4 Å². The number of halogens is 3. The van der Waals surface area contributed by atoms with Crippen molar-refractivity contribution in [2.24, 2.45) is 0 Å². The fraction of sp³-hybridized carbons (Fsp3) is 0.316. The van der Waals surface area contributed by atoms with Crippen LogP contribution in [0.1, 0.15) is 21.6 Å². The van der Waals surface area contributed by atoms with Crippen molar-refractivity contribution in [1.29, 1.82) is 0 Å². The molecule has 2 aromatic heterocycles. The Morgan fingerprint density at radius 1 is 1.18 bits per heavy atom. The molecule has 0 radical (unpaired) electrons. The molecule has 28 heavy (non-hydrogen) atoms. The molecule has 0 spiro atoms. The van der Waals surface area contributed by atoms with Gasteiger partial charge in [0.05, 0.1) is 41.1 Å². The Hall–Kier alpha value is -2.94. The number of benzene rings is 1. The highest BCUT2D eigenvalue weighted by Gasteiger charge is 2.34. The molecule has 0 atom stereocenters. The molecule has 1 saturated heterocycles. The molecule has 0 bridgehead atoms. The molecule has 0 saturated carbocycles. The van der Waals surface area contributed by atoms with Gasteiger partial charge in [0, 0.05) is 18.7 Å². The Balaban J connectivity index is 1.90. The standard InChI is InChI=1S/C19H16F3N3O3/c1-11-16-13(18(26)25-6-8-27-9-7-25)10-15(23-17(16)28-24-11)12-4-2-3-5-14(12)19(20,21)22/h2-5,10H,6-9H2,1H3. The maximum absolute atomic E-state index is 13.4. The number of fused-ring (bicyclic) bond motifs is 1. The molecule has 1 amide bonds. The van der Waals surface area contributed by atoms with Crippen molar-refractivity contribution in [1.82, 2.24) is 15.0 Å². The van der Waals surface area contributed by atoms with Crippen LogP contribution < -0.4 is 0 Å². The first-order valence-electron chi connectivity index (χ1n) is 8.67. The van der Waals surface area contributed by atoms with Crippen LogP contribution >= 0.6 is 0 Å². The molecule has 4 rings (SSSR count). The lowest BCUT2D eigenvalue weighted by Crippen LogP contribution is -2.40. The van der Waals surface area contributed by atoms with Crippen LogP contribution in [0.25, 0.3) is 22.4 Å². The lowest BCUT2D eigenvalue weighted by Gasteiger charge is -2.27. The summed E-state index contributed by atoms with van der Waals surface area (Å²) in [5.41, 5.74) is -0.242. The van der Waals surface area contributed by atoms with Gasteiger partial charge in [0.1, 0.15) is 0 Å². The lowest BCUT2D eigenvalue weighted by atomic mass is 10.00. The molecule has 1 fully saturated rings. The van der Waals surface area contributed by atoms with Crippen molar-refractivity contribution in [3.63, 3.8) is 0 Å². The molecule has 9 heteroatoms. The van der Waals surface area contributed by atoms with Crippen LogP contribution in [0.2, 0.25) is 0 Å². The first kappa shape index (κ1) is 18.4. The topological polar surface area (TPSA) is 68.5 Å². The molecular weight excluding hydrogens is 375 g/mol. The van der Waals surface area contributed by atoms with E-state index in [1.165, 1.54) is 24.3 Å². The molecule has 0 unspecified atom stereocenters. The van der Waals surface area contributed by atoms with Gasteiger partial charge >= 0.3 is 6.18 Å². The molecule has 1 aliphatic rings. The van der Waals surface area contributed by atoms with Crippen LogP contribution in [-0.2, 0) is 10.9 Å². The number of morpholine rings is 1. The number of hydrogen-bond acceptors (Lipinski definition) is 5. The van der Waals surface area contributed by atoms with Crippen molar-refractivity contribution >= 4 is 17.0 Å². The predicted molar refractivity (Wildman–Crippen MR) is 93.7 cm³/mol. The van der Waals surface area contributed by atoms with Crippen LogP contribution in [0.5, 0.6) is 0 Å². The van der Waals surface area contributed by atoms with E-state index in [1.54, 1.807) is 11.8 Å². The van der Waals surface area contributed by atoms with Crippen LogP contribution in [0.3, 0.4) is 0 Å². The number of aryl methyl sites for hydroxylation is 1. The maximum atomic E-state index is 13.4. The van der Waals surface area contributed by atoms with Crippen LogP contribution in [0.15, 0.2) is 34.9 Å². The number of amides is 1. The van der Waals surface area contributed by atoms with Gasteiger partial charge in [-0.25, -0.2) is 4.98 Å². The van der Waals surface area contributed by atoms with E-state index < -0.39 is 11.7 Å². The number of alkyl halides is 3. The number of carbonyl (C=O) groups is 1. The zero-order valence-corrected chi connectivity index (χ0v) is 14.9. The van der Waals surface area contributed by atoms with E-state index in [1.807, 2.05) is 0 Å². The van der Waals surface area contributed by atoms with Gasteiger partial charge in [-0.3, -0.25) is 4.79 Å². The predicted octanol–water partition coefficient (Wildman–Crippen LogP) is 3.69. The highest BCUT2D eigenvalue weighted by Crippen LogP contribution is 2.37. The van der Waals surface area contributed by atoms with Crippen LogP contribution in [0.4, 0.5) is 13.2 Å². The quantitative estimate of drug-likeness (QED) is 0.667. The summed E-state index contributed by atoms with van der Waals surface area (Å²) >= 11 is 0. The zero-order chi connectivity index (χ0) is 19.9. The summed E-state index contributed by atoms with van der Waals surface area (Å²) in [7, 11) is 0.